The molecule has 1 saturated carbocycles. The van der Waals surface area contributed by atoms with Gasteiger partial charge in [-0.05, 0) is 86.8 Å². The highest BCUT2D eigenvalue weighted by molar-refractivity contribution is 5.40. The van der Waals surface area contributed by atoms with Gasteiger partial charge in [0, 0.05) is 25.2 Å². The Morgan fingerprint density at radius 2 is 1.52 bits per heavy atom. The molecule has 0 aromatic heterocycles. The minimum absolute atomic E-state index is 0.149. The van der Waals surface area contributed by atoms with Gasteiger partial charge in [-0.15, -0.1) is 13.2 Å². The van der Waals surface area contributed by atoms with Crippen LogP contribution in [-0.4, -0.2) is 49.4 Å². The monoisotopic (exact) mass is 734 g/mol. The molecular weight excluding hydrogens is 692 g/mol. The van der Waals surface area contributed by atoms with Crippen LogP contribution >= 0.6 is 0 Å². The number of rotatable bonds is 10. The number of hydrogen-bond donors (Lipinski definition) is 0. The van der Waals surface area contributed by atoms with Gasteiger partial charge in [-0.25, -0.2) is 26.7 Å². The first kappa shape index (κ1) is 39.0. The average molecular weight is 735 g/mol. The van der Waals surface area contributed by atoms with Crippen LogP contribution in [0.3, 0.4) is 0 Å². The van der Waals surface area contributed by atoms with Crippen LogP contribution in [0.5, 0.6) is 0 Å². The zero-order valence-corrected chi connectivity index (χ0v) is 27.6. The molecule has 5 aliphatic rings. The van der Waals surface area contributed by atoms with Gasteiger partial charge in [-0.3, -0.25) is 0 Å². The molecule has 2 nitrogen and oxygen atoms in total. The van der Waals surface area contributed by atoms with Crippen molar-refractivity contribution in [3.8, 4) is 0 Å². The predicted molar refractivity (Wildman–Crippen MR) is 162 cm³/mol. The molecule has 0 aromatic carbocycles. The summed E-state index contributed by atoms with van der Waals surface area (Å²) in [6, 6.07) is 0. The van der Waals surface area contributed by atoms with Crippen molar-refractivity contribution < 1.29 is 62.2 Å². The Kier molecular flexibility index (Phi) is 12.0. The first-order valence-corrected chi connectivity index (χ1v) is 17.3. The molecule has 9 atom stereocenters. The Balaban J connectivity index is 1.17. The van der Waals surface area contributed by atoms with Gasteiger partial charge in [0.15, 0.2) is 0 Å². The van der Waals surface area contributed by atoms with Gasteiger partial charge in [0.1, 0.15) is 30.5 Å². The molecule has 0 saturated heterocycles. The summed E-state index contributed by atoms with van der Waals surface area (Å²) in [5.41, 5.74) is 2.12. The van der Waals surface area contributed by atoms with Crippen LogP contribution in [0.25, 0.3) is 0 Å². The smallest absolute Gasteiger partial charge is 0.317 e. The predicted octanol–water partition coefficient (Wildman–Crippen LogP) is 12.0. The Morgan fingerprint density at radius 1 is 0.820 bits per heavy atom. The molecule has 0 aromatic rings. The van der Waals surface area contributed by atoms with E-state index < -0.39 is 104 Å². The van der Waals surface area contributed by atoms with Crippen LogP contribution in [0.2, 0.25) is 0 Å². The number of alkyl halides is 11. The molecule has 0 spiro atoms. The highest BCUT2D eigenvalue weighted by atomic mass is 19.4. The zero-order chi connectivity index (χ0) is 36.6. The van der Waals surface area contributed by atoms with Crippen LogP contribution in [0.15, 0.2) is 58.0 Å². The summed E-state index contributed by atoms with van der Waals surface area (Å²) < 4.78 is 178. The van der Waals surface area contributed by atoms with Gasteiger partial charge in [-0.2, -0.15) is 17.6 Å². The molecule has 5 rings (SSSR count). The van der Waals surface area contributed by atoms with Crippen molar-refractivity contribution in [1.82, 2.24) is 0 Å². The van der Waals surface area contributed by atoms with Crippen LogP contribution in [0.4, 0.5) is 52.7 Å². The molecule has 0 heterocycles. The second kappa shape index (κ2) is 15.4. The fraction of sp³-hybridized carbons (Fsp3) is 0.722. The van der Waals surface area contributed by atoms with Gasteiger partial charge in [-0.1, -0.05) is 42.7 Å². The quantitative estimate of drug-likeness (QED) is 0.164. The van der Waals surface area contributed by atoms with Gasteiger partial charge in [0.05, 0.1) is 17.6 Å². The standard InChI is InChI=1S/C36H42F12O2/c1-2-3-19-4-6-20(7-5-19)21-8-10-22(11-9-21)23-12-13-26(27(37)14-23)34(42,43)49-25-17-28(38)32(29(39)18-25)24-15-30(40)33(31(41)16-24)35(44,45)50-36(46,47)48/h4,8,10,14,20,24-30,32H,2-3,5-7,9,11-13,15-18H2,1H3/t20-,24+,25-,26?,27-,28+,29?,30?,32?/m1/s1. The van der Waals surface area contributed by atoms with E-state index in [9.17, 15) is 30.7 Å². The lowest BCUT2D eigenvalue weighted by molar-refractivity contribution is -0.414. The molecule has 0 radical (unpaired) electrons. The minimum atomic E-state index is -5.93. The molecule has 282 valence electrons. The Bertz CT molecular complexity index is 1370. The van der Waals surface area contributed by atoms with E-state index in [-0.39, 0.29) is 12.8 Å². The van der Waals surface area contributed by atoms with Gasteiger partial charge in [0.2, 0.25) is 0 Å². The molecule has 14 heteroatoms. The van der Waals surface area contributed by atoms with Crippen molar-refractivity contribution in [2.45, 2.75) is 140 Å². The first-order chi connectivity index (χ1) is 23.4. The third kappa shape index (κ3) is 9.04. The first-order valence-electron chi connectivity index (χ1n) is 17.3. The van der Waals surface area contributed by atoms with Crippen molar-refractivity contribution in [1.29, 1.82) is 0 Å². The van der Waals surface area contributed by atoms with E-state index in [4.69, 9.17) is 4.74 Å². The average Bonchev–Trinajstić information content (AvgIpc) is 2.99. The third-order valence-corrected chi connectivity index (χ3v) is 10.9. The van der Waals surface area contributed by atoms with Crippen molar-refractivity contribution in [3.05, 3.63) is 58.0 Å². The third-order valence-electron chi connectivity index (χ3n) is 10.9. The second-order valence-corrected chi connectivity index (χ2v) is 14.2. The van der Waals surface area contributed by atoms with Crippen molar-refractivity contribution >= 4 is 0 Å². The Hall–Kier alpha value is -2.22. The van der Waals surface area contributed by atoms with Gasteiger partial charge in [0.25, 0.3) is 0 Å². The molecule has 0 N–H and O–H groups in total. The van der Waals surface area contributed by atoms with Crippen LogP contribution < -0.4 is 0 Å². The van der Waals surface area contributed by atoms with E-state index in [1.165, 1.54) is 11.1 Å². The highest BCUT2D eigenvalue weighted by Crippen LogP contribution is 2.50. The Morgan fingerprint density at radius 3 is 2.06 bits per heavy atom. The van der Waals surface area contributed by atoms with E-state index in [0.29, 0.717) is 17.9 Å². The summed E-state index contributed by atoms with van der Waals surface area (Å²) in [6.07, 6.45) is -16.8. The number of ether oxygens (including phenoxy) is 2. The number of hydrogen-bond acceptors (Lipinski definition) is 2. The van der Waals surface area contributed by atoms with E-state index >= 15 is 22.0 Å². The SMILES string of the molecule is CCCC1=CC[C@@H](C2=CC=C(C3=C[C@@H](F)C(C(F)(F)O[C@H]4CC(F)C([C@@H]5CC(F)=C(C(F)(F)OC(F)(F)F)C(F)C5)[C@@H](F)C4)CC3)CC2)CC1. The maximum absolute atomic E-state index is 15.3. The largest absolute Gasteiger partial charge is 0.527 e. The molecule has 50 heavy (non-hydrogen) atoms. The fourth-order valence-corrected chi connectivity index (χ4v) is 8.46. The molecule has 4 unspecified atom stereocenters. The summed E-state index contributed by atoms with van der Waals surface area (Å²) in [4.78, 5) is 0. The molecule has 5 aliphatic carbocycles. The highest BCUT2D eigenvalue weighted by Gasteiger charge is 2.56. The summed E-state index contributed by atoms with van der Waals surface area (Å²) in [5.74, 6) is -6.93. The fourth-order valence-electron chi connectivity index (χ4n) is 8.46. The van der Waals surface area contributed by atoms with E-state index in [1.54, 1.807) is 0 Å². The zero-order valence-electron chi connectivity index (χ0n) is 27.6. The summed E-state index contributed by atoms with van der Waals surface area (Å²) in [5, 5.41) is 0. The lowest BCUT2D eigenvalue weighted by Gasteiger charge is -2.42. The summed E-state index contributed by atoms with van der Waals surface area (Å²) in [6.45, 7) is 2.16. The maximum Gasteiger partial charge on any atom is 0.527 e. The van der Waals surface area contributed by atoms with Gasteiger partial charge < -0.3 is 4.74 Å². The van der Waals surface area contributed by atoms with Crippen LogP contribution in [0.1, 0.15) is 90.4 Å². The molecule has 0 bridgehead atoms. The molecule has 0 amide bonds. The normalized spacial score (nSPS) is 34.9. The molecule has 0 aliphatic heterocycles. The second-order valence-electron chi connectivity index (χ2n) is 14.2. The van der Waals surface area contributed by atoms with Crippen LogP contribution in [0, 0.1) is 23.7 Å². The summed E-state index contributed by atoms with van der Waals surface area (Å²) >= 11 is 0. The Labute approximate surface area is 283 Å². The van der Waals surface area contributed by atoms with Crippen molar-refractivity contribution in [3.63, 3.8) is 0 Å². The van der Waals surface area contributed by atoms with Crippen molar-refractivity contribution in [2.24, 2.45) is 23.7 Å². The van der Waals surface area contributed by atoms with E-state index in [0.717, 1.165) is 50.2 Å². The van der Waals surface area contributed by atoms with Crippen LogP contribution in [-0.2, 0) is 9.47 Å². The number of halogens is 12. The maximum atomic E-state index is 15.3. The number of allylic oxidation sites excluding steroid dienone is 9. The lowest BCUT2D eigenvalue weighted by Crippen LogP contribution is -2.48. The summed E-state index contributed by atoms with van der Waals surface area (Å²) in [7, 11) is 0. The van der Waals surface area contributed by atoms with Crippen molar-refractivity contribution in [2.75, 3.05) is 0 Å². The van der Waals surface area contributed by atoms with E-state index in [1.807, 2.05) is 6.08 Å². The molecule has 1 fully saturated rings. The minimum Gasteiger partial charge on any atom is -0.317 e. The van der Waals surface area contributed by atoms with Gasteiger partial charge >= 0.3 is 18.6 Å². The lowest BCUT2D eigenvalue weighted by atomic mass is 9.70. The molecular formula is C36H42F12O2. The topological polar surface area (TPSA) is 18.5 Å². The van der Waals surface area contributed by atoms with E-state index in [2.05, 4.69) is 23.8 Å².